The number of carbonyl (C=O) groups excluding carboxylic acids is 9. The second-order valence-electron chi connectivity index (χ2n) is 26.8. The van der Waals surface area contributed by atoms with Gasteiger partial charge in [-0.05, 0) is 54.6 Å². The molecule has 640 valence electrons. The zero-order valence-electron chi connectivity index (χ0n) is 60.2. The van der Waals surface area contributed by atoms with Crippen molar-refractivity contribution >= 4 is 53.7 Å². The molecule has 9 aromatic carbocycles. The lowest BCUT2D eigenvalue weighted by Gasteiger charge is -2.44. The lowest BCUT2D eigenvalue weighted by Crippen LogP contribution is -2.63. The van der Waals surface area contributed by atoms with Crippen LogP contribution in [0, 0.1) is 0 Å². The van der Waals surface area contributed by atoms with Crippen LogP contribution < -0.4 is 4.74 Å². The molecule has 2 fully saturated rings. The molecule has 0 aliphatic carbocycles. The van der Waals surface area contributed by atoms with E-state index in [9.17, 15) is 167 Å². The average Bonchev–Trinajstić information content (AvgIpc) is 0.964. The minimum Gasteiger partial charge on any atom is -0.504 e. The molecule has 123 heavy (non-hydrogen) atoms. The van der Waals surface area contributed by atoms with Gasteiger partial charge in [0.15, 0.2) is 139 Å². The molecular formula is C75H52O48. The summed E-state index contributed by atoms with van der Waals surface area (Å²) in [5, 5.41) is 297. The summed E-state index contributed by atoms with van der Waals surface area (Å²) in [5.74, 6) is -59.5. The molecule has 5 aliphatic rings. The van der Waals surface area contributed by atoms with Gasteiger partial charge in [0.25, 0.3) is 0 Å². The standard InChI is InChI=1S/C75H52O48/c76-23-1-14(2-24(77)42(23)86)65(103)119-62-58(102)60-34(12-112-67(105)16-5-27(80)44(88)51(95)36(16)37-17(69(107)117-60)6-28(81)45(89)52(37)96)115-74(62)123-73(111)22-10-32(85)49(93)57(101)59(22)114-33-11-21-41(56(100)50(33)94)40-18(7-29(82)48(92)55(40)99)70(108)118-61-35(13-113-68(21)106)116-75(122-66(104)15-3-25(78)43(87)26(79)4-15)64-63(61)120-71(109)19-8-30(83)46(90)53(97)38(19)39-20(72(110)121-64)9-31(84)47(91)54(39)98/h1-11,34-35,58,60-64,74-102H,12-13H2/t34-,35-,58+,60-,61-,62-,63+,64-,74+,75+/m1/s1. The number of carbonyl (C=O) groups is 9. The second kappa shape index (κ2) is 30.0. The third-order valence-corrected chi connectivity index (χ3v) is 19.5. The van der Waals surface area contributed by atoms with Gasteiger partial charge in [0.2, 0.25) is 64.7 Å². The average molecular weight is 1720 g/mol. The Bertz CT molecular complexity index is 6140. The van der Waals surface area contributed by atoms with E-state index in [0.29, 0.717) is 48.5 Å². The zero-order chi connectivity index (χ0) is 89.5. The van der Waals surface area contributed by atoms with Gasteiger partial charge >= 0.3 is 53.7 Å². The first-order valence-electron chi connectivity index (χ1n) is 34.2. The van der Waals surface area contributed by atoms with Gasteiger partial charge in [0.1, 0.15) is 37.1 Å². The maximum absolute atomic E-state index is 15.2. The highest BCUT2D eigenvalue weighted by atomic mass is 16.8. The summed E-state index contributed by atoms with van der Waals surface area (Å²) in [6.07, 6.45) is -27.1. The quantitative estimate of drug-likeness (QED) is 0.0591. The first kappa shape index (κ1) is 82.2. The lowest BCUT2D eigenvalue weighted by molar-refractivity contribution is -0.283. The Hall–Kier alpha value is -17.3. The van der Waals surface area contributed by atoms with Crippen molar-refractivity contribution in [2.24, 2.45) is 0 Å². The molecule has 0 radical (unpaired) electrons. The zero-order valence-corrected chi connectivity index (χ0v) is 60.2. The van der Waals surface area contributed by atoms with E-state index in [1.165, 1.54) is 0 Å². The minimum atomic E-state index is -2.90. The number of aromatic hydroxyl groups is 26. The number of benzene rings is 9. The van der Waals surface area contributed by atoms with Gasteiger partial charge in [-0.3, -0.25) is 0 Å². The van der Waals surface area contributed by atoms with Crippen LogP contribution in [0.15, 0.2) is 66.7 Å². The fourth-order valence-electron chi connectivity index (χ4n) is 13.5. The van der Waals surface area contributed by atoms with Gasteiger partial charge in [-0.1, -0.05) is 0 Å². The number of hydrogen-bond donors (Lipinski definition) is 27. The summed E-state index contributed by atoms with van der Waals surface area (Å²) in [7, 11) is 0. The smallest absolute Gasteiger partial charge is 0.344 e. The molecular weight excluding hydrogens is 1670 g/mol. The summed E-state index contributed by atoms with van der Waals surface area (Å²) in [6.45, 7) is -3.05. The Labute approximate surface area is 675 Å². The summed E-state index contributed by atoms with van der Waals surface area (Å²) in [6, 6.07) is 3.63. The Morgan fingerprint density at radius 3 is 0.976 bits per heavy atom. The summed E-state index contributed by atoms with van der Waals surface area (Å²) in [4.78, 5) is 132. The fraction of sp³-hybridized carbons (Fsp3) is 0.160. The molecule has 5 aliphatic heterocycles. The summed E-state index contributed by atoms with van der Waals surface area (Å²) < 4.78 is 67.8. The third-order valence-electron chi connectivity index (χ3n) is 19.5. The van der Waals surface area contributed by atoms with Crippen LogP contribution in [0.4, 0.5) is 0 Å². The largest absolute Gasteiger partial charge is 0.504 e. The predicted octanol–water partition coefficient (Wildman–Crippen LogP) is 2.73. The van der Waals surface area contributed by atoms with E-state index in [1.807, 2.05) is 0 Å². The Morgan fingerprint density at radius 1 is 0.285 bits per heavy atom. The van der Waals surface area contributed by atoms with Crippen LogP contribution in [0.5, 0.6) is 161 Å². The van der Waals surface area contributed by atoms with Gasteiger partial charge in [0, 0.05) is 45.5 Å². The van der Waals surface area contributed by atoms with E-state index in [4.69, 9.17) is 56.8 Å². The lowest BCUT2D eigenvalue weighted by atomic mass is 9.91. The Balaban J connectivity index is 0.867. The van der Waals surface area contributed by atoms with Crippen LogP contribution in [0.2, 0.25) is 0 Å². The summed E-state index contributed by atoms with van der Waals surface area (Å²) >= 11 is 0. The third kappa shape index (κ3) is 13.6. The van der Waals surface area contributed by atoms with Gasteiger partial charge < -0.3 is 195 Å². The SMILES string of the molecule is O=C(O[C@@H]1O[C@@H]2COC(=O)c3cc(Oc4c(C(=O)O[C@@H]5O[C@@H]6COC(=O)c7cc(O)c(O)c(O)c7-c7c(cc(O)c(O)c7O)C(=O)O[C@H]6[C@H](O)[C@H]5OC(=O)c5cc(O)c(O)c(O)c5)cc(O)c(O)c4O)c(O)c(O)c3-c3c(cc(O)c(O)c3O)C(=O)O[C@H]2[C@@H]2OC(=O)c3cc(O)c(O)c(O)c3-c3c(cc(O)c(O)c3O)C(=O)O[C@@H]12)c1cc(O)c(O)c(O)c1. The van der Waals surface area contributed by atoms with Gasteiger partial charge in [0.05, 0.1) is 44.5 Å². The molecule has 48 nitrogen and oxygen atoms in total. The molecule has 0 aromatic heterocycles. The van der Waals surface area contributed by atoms with Crippen LogP contribution in [-0.4, -0.2) is 266 Å². The number of ether oxygens (including phenoxy) is 12. The molecule has 0 unspecified atom stereocenters. The number of aliphatic hydroxyl groups is 1. The minimum absolute atomic E-state index is 0.142. The molecule has 2 saturated heterocycles. The van der Waals surface area contributed by atoms with Crippen LogP contribution in [0.1, 0.15) is 93.2 Å². The topological polar surface area (TPSA) is 811 Å². The molecule has 27 N–H and O–H groups in total. The van der Waals surface area contributed by atoms with Crippen molar-refractivity contribution in [1.29, 1.82) is 0 Å². The number of aliphatic hydroxyl groups excluding tert-OH is 1. The van der Waals surface area contributed by atoms with Crippen molar-refractivity contribution in [3.8, 4) is 194 Å². The van der Waals surface area contributed by atoms with Crippen molar-refractivity contribution in [1.82, 2.24) is 0 Å². The van der Waals surface area contributed by atoms with Crippen molar-refractivity contribution in [3.05, 3.63) is 117 Å². The van der Waals surface area contributed by atoms with E-state index >= 15 is 14.4 Å². The molecule has 0 spiro atoms. The van der Waals surface area contributed by atoms with Crippen molar-refractivity contribution in [2.75, 3.05) is 13.2 Å². The van der Waals surface area contributed by atoms with E-state index in [-0.39, 0.29) is 18.2 Å². The number of cyclic esters (lactones) is 2. The molecule has 0 bridgehead atoms. The Kier molecular flexibility index (Phi) is 20.1. The maximum Gasteiger partial charge on any atom is 0.344 e. The molecule has 48 heteroatoms. The van der Waals surface area contributed by atoms with E-state index in [0.717, 1.165) is 0 Å². The van der Waals surface area contributed by atoms with Gasteiger partial charge in [-0.25, -0.2) is 43.2 Å². The molecule has 0 amide bonds. The normalized spacial score (nSPS) is 20.4. The van der Waals surface area contributed by atoms with Gasteiger partial charge in [-0.15, -0.1) is 0 Å². The molecule has 14 rings (SSSR count). The van der Waals surface area contributed by atoms with Crippen LogP contribution in [0.3, 0.4) is 0 Å². The molecule has 9 aromatic rings. The van der Waals surface area contributed by atoms with E-state index < -0.39 is 373 Å². The van der Waals surface area contributed by atoms with E-state index in [2.05, 4.69) is 0 Å². The van der Waals surface area contributed by atoms with Crippen molar-refractivity contribution in [2.45, 2.75) is 61.4 Å². The molecule has 5 heterocycles. The summed E-state index contributed by atoms with van der Waals surface area (Å²) in [5.41, 5.74) is -18.7. The number of rotatable bonds is 8. The highest BCUT2D eigenvalue weighted by Crippen LogP contribution is 2.59. The number of phenols is 26. The van der Waals surface area contributed by atoms with Crippen molar-refractivity contribution in [3.63, 3.8) is 0 Å². The number of fused-ring (bicyclic) bond motifs is 13. The number of esters is 9. The van der Waals surface area contributed by atoms with Crippen molar-refractivity contribution < 1.29 is 238 Å². The maximum atomic E-state index is 15.2. The van der Waals surface area contributed by atoms with Gasteiger partial charge in [-0.2, -0.15) is 0 Å². The predicted molar refractivity (Wildman–Crippen MR) is 379 cm³/mol. The monoisotopic (exact) mass is 1720 g/mol. The molecule has 0 saturated carbocycles. The highest BCUT2D eigenvalue weighted by molar-refractivity contribution is 6.12. The van der Waals surface area contributed by atoms with Crippen LogP contribution in [-0.2, 0) is 52.1 Å². The molecule has 10 atom stereocenters. The van der Waals surface area contributed by atoms with Crippen LogP contribution in [0.25, 0.3) is 33.4 Å². The first-order valence-corrected chi connectivity index (χ1v) is 34.2. The number of hydrogen-bond acceptors (Lipinski definition) is 48. The highest BCUT2D eigenvalue weighted by Gasteiger charge is 2.58. The second-order valence-corrected chi connectivity index (χ2v) is 26.8. The number of phenolic OH excluding ortho intramolecular Hbond substituents is 26. The van der Waals surface area contributed by atoms with Crippen LogP contribution >= 0.6 is 0 Å². The first-order chi connectivity index (χ1) is 57.9. The fourth-order valence-corrected chi connectivity index (χ4v) is 13.5. The van der Waals surface area contributed by atoms with E-state index in [1.54, 1.807) is 0 Å². The Morgan fingerprint density at radius 2 is 0.577 bits per heavy atom.